The molecule has 0 atom stereocenters. The van der Waals surface area contributed by atoms with Crippen LogP contribution in [0, 0.1) is 0 Å². The van der Waals surface area contributed by atoms with E-state index in [0.717, 1.165) is 0 Å². The van der Waals surface area contributed by atoms with E-state index in [4.69, 9.17) is 9.84 Å². The van der Waals surface area contributed by atoms with Gasteiger partial charge >= 0.3 is 5.97 Å². The highest BCUT2D eigenvalue weighted by molar-refractivity contribution is 5.83. The minimum Gasteiger partial charge on any atom is -0.480 e. The molecule has 0 aliphatic rings. The fraction of sp³-hybridized carbons (Fsp3) is 0.100. The molecular weight excluding hydrogens is 224 g/mol. The maximum Gasteiger partial charge on any atom is 0.373 e. The van der Waals surface area contributed by atoms with Gasteiger partial charge in [-0.15, -0.1) is 0 Å². The normalized spacial score (nSPS) is 9.94. The van der Waals surface area contributed by atoms with E-state index in [2.05, 4.69) is 19.9 Å². The lowest BCUT2D eigenvalue weighted by atomic mass is 10.2. The zero-order valence-electron chi connectivity index (χ0n) is 8.86. The predicted molar refractivity (Wildman–Crippen MR) is 56.6 cm³/mol. The van der Waals surface area contributed by atoms with Crippen molar-refractivity contribution < 1.29 is 14.6 Å². The van der Waals surface area contributed by atoms with Crippen LogP contribution in [0.2, 0.25) is 0 Å². The van der Waals surface area contributed by atoms with E-state index in [1.165, 1.54) is 25.8 Å². The number of aromatic nitrogens is 4. The van der Waals surface area contributed by atoms with Crippen molar-refractivity contribution in [3.8, 4) is 17.0 Å². The second-order valence-electron chi connectivity index (χ2n) is 3.05. The zero-order valence-corrected chi connectivity index (χ0v) is 8.86. The van der Waals surface area contributed by atoms with Crippen LogP contribution < -0.4 is 4.74 Å². The highest BCUT2D eigenvalue weighted by Gasteiger charge is 2.10. The molecule has 0 aliphatic heterocycles. The van der Waals surface area contributed by atoms with E-state index in [0.29, 0.717) is 17.0 Å². The van der Waals surface area contributed by atoms with Gasteiger partial charge in [-0.3, -0.25) is 0 Å². The molecule has 0 bridgehead atoms. The van der Waals surface area contributed by atoms with Crippen LogP contribution in [0.4, 0.5) is 0 Å². The Morgan fingerprint density at radius 3 is 2.53 bits per heavy atom. The molecular formula is C10H8N4O3. The second kappa shape index (κ2) is 4.52. The van der Waals surface area contributed by atoms with E-state index < -0.39 is 5.97 Å². The number of carbonyl (C=O) groups is 1. The molecule has 2 aromatic rings. The summed E-state index contributed by atoms with van der Waals surface area (Å²) in [7, 11) is 1.48. The van der Waals surface area contributed by atoms with Crippen LogP contribution in [0.1, 0.15) is 10.6 Å². The van der Waals surface area contributed by atoms with Crippen LogP contribution in [0.5, 0.6) is 5.88 Å². The number of ether oxygens (including phenoxy) is 1. The number of carboxylic acid groups (broad SMARTS) is 1. The van der Waals surface area contributed by atoms with Crippen molar-refractivity contribution in [3.63, 3.8) is 0 Å². The van der Waals surface area contributed by atoms with Gasteiger partial charge in [-0.05, 0) is 0 Å². The Labute approximate surface area is 96.2 Å². The highest BCUT2D eigenvalue weighted by Crippen LogP contribution is 2.24. The molecule has 0 aliphatic carbocycles. The van der Waals surface area contributed by atoms with Gasteiger partial charge in [-0.2, -0.15) is 0 Å². The third kappa shape index (κ3) is 2.17. The monoisotopic (exact) mass is 232 g/mol. The lowest BCUT2D eigenvalue weighted by Crippen LogP contribution is -2.03. The molecule has 0 amide bonds. The van der Waals surface area contributed by atoms with Crippen molar-refractivity contribution in [3.05, 3.63) is 30.7 Å². The highest BCUT2D eigenvalue weighted by atomic mass is 16.5. The summed E-state index contributed by atoms with van der Waals surface area (Å²) >= 11 is 0. The summed E-state index contributed by atoms with van der Waals surface area (Å²) in [5.41, 5.74) is 1.19. The van der Waals surface area contributed by atoms with Crippen molar-refractivity contribution in [2.75, 3.05) is 7.11 Å². The van der Waals surface area contributed by atoms with E-state index in [9.17, 15) is 4.79 Å². The quantitative estimate of drug-likeness (QED) is 0.828. The molecule has 1 N–H and O–H groups in total. The summed E-state index contributed by atoms with van der Waals surface area (Å²) in [6.45, 7) is 0. The molecule has 7 nitrogen and oxygen atoms in total. The molecule has 2 aromatic heterocycles. The number of hydrogen-bond acceptors (Lipinski definition) is 6. The van der Waals surface area contributed by atoms with E-state index in [1.54, 1.807) is 6.20 Å². The van der Waals surface area contributed by atoms with E-state index in [1.807, 2.05) is 0 Å². The van der Waals surface area contributed by atoms with Gasteiger partial charge in [0.05, 0.1) is 12.7 Å². The summed E-state index contributed by atoms with van der Waals surface area (Å²) in [6.07, 6.45) is 5.68. The van der Waals surface area contributed by atoms with Crippen LogP contribution in [0.25, 0.3) is 11.1 Å². The number of rotatable bonds is 3. The molecule has 0 saturated carbocycles. The summed E-state index contributed by atoms with van der Waals surface area (Å²) in [4.78, 5) is 25.8. The molecule has 0 spiro atoms. The molecule has 17 heavy (non-hydrogen) atoms. The van der Waals surface area contributed by atoms with Gasteiger partial charge < -0.3 is 9.84 Å². The molecule has 86 valence electrons. The largest absolute Gasteiger partial charge is 0.480 e. The first-order valence-corrected chi connectivity index (χ1v) is 4.62. The van der Waals surface area contributed by atoms with Crippen molar-refractivity contribution in [2.45, 2.75) is 0 Å². The molecule has 7 heteroatoms. The van der Waals surface area contributed by atoms with E-state index >= 15 is 0 Å². The molecule has 0 radical (unpaired) electrons. The van der Waals surface area contributed by atoms with Crippen LogP contribution in [-0.2, 0) is 0 Å². The van der Waals surface area contributed by atoms with Crippen molar-refractivity contribution in [1.82, 2.24) is 19.9 Å². The third-order valence-electron chi connectivity index (χ3n) is 2.02. The Hall–Kier alpha value is -2.57. The van der Waals surface area contributed by atoms with Gasteiger partial charge in [-0.25, -0.2) is 24.7 Å². The SMILES string of the molecule is COc1ncncc1-c1cnc(C(=O)O)nc1. The average Bonchev–Trinajstić information content (AvgIpc) is 2.39. The van der Waals surface area contributed by atoms with Crippen LogP contribution in [-0.4, -0.2) is 38.1 Å². The lowest BCUT2D eigenvalue weighted by Gasteiger charge is -2.05. The van der Waals surface area contributed by atoms with Crippen LogP contribution >= 0.6 is 0 Å². The molecule has 2 rings (SSSR count). The van der Waals surface area contributed by atoms with Crippen LogP contribution in [0.15, 0.2) is 24.9 Å². The fourth-order valence-electron chi connectivity index (χ4n) is 1.26. The minimum absolute atomic E-state index is 0.260. The van der Waals surface area contributed by atoms with Crippen molar-refractivity contribution in [1.29, 1.82) is 0 Å². The smallest absolute Gasteiger partial charge is 0.373 e. The predicted octanol–water partition coefficient (Wildman–Crippen LogP) is 0.640. The molecule has 0 fully saturated rings. The summed E-state index contributed by atoms with van der Waals surface area (Å²) in [5.74, 6) is -1.05. The van der Waals surface area contributed by atoms with Gasteiger partial charge in [0, 0.05) is 24.2 Å². The van der Waals surface area contributed by atoms with Crippen LogP contribution in [0.3, 0.4) is 0 Å². The summed E-state index contributed by atoms with van der Waals surface area (Å²) in [6, 6.07) is 0. The topological polar surface area (TPSA) is 98.1 Å². The molecule has 2 heterocycles. The first kappa shape index (κ1) is 10.9. The zero-order chi connectivity index (χ0) is 12.3. The Kier molecular flexibility index (Phi) is 2.91. The summed E-state index contributed by atoms with van der Waals surface area (Å²) < 4.78 is 5.05. The van der Waals surface area contributed by atoms with Gasteiger partial charge in [0.1, 0.15) is 6.33 Å². The number of carboxylic acids is 1. The maximum absolute atomic E-state index is 10.6. The van der Waals surface area contributed by atoms with E-state index in [-0.39, 0.29) is 5.82 Å². The second-order valence-corrected chi connectivity index (χ2v) is 3.05. The summed E-state index contributed by atoms with van der Waals surface area (Å²) in [5, 5.41) is 8.67. The Bertz CT molecular complexity index is 542. The van der Waals surface area contributed by atoms with Crippen molar-refractivity contribution in [2.24, 2.45) is 0 Å². The Balaban J connectivity index is 2.43. The Morgan fingerprint density at radius 1 is 1.24 bits per heavy atom. The van der Waals surface area contributed by atoms with Gasteiger partial charge in [-0.1, -0.05) is 0 Å². The fourth-order valence-corrected chi connectivity index (χ4v) is 1.26. The third-order valence-corrected chi connectivity index (χ3v) is 2.02. The first-order valence-electron chi connectivity index (χ1n) is 4.62. The van der Waals surface area contributed by atoms with Gasteiger partial charge in [0.15, 0.2) is 0 Å². The maximum atomic E-state index is 10.6. The van der Waals surface area contributed by atoms with Crippen molar-refractivity contribution >= 4 is 5.97 Å². The standard InChI is InChI=1S/C10H8N4O3/c1-17-9-7(4-11-5-14-9)6-2-12-8(10(15)16)13-3-6/h2-5H,1H3,(H,15,16). The first-order chi connectivity index (χ1) is 8.22. The van der Waals surface area contributed by atoms with Gasteiger partial charge in [0.2, 0.25) is 11.7 Å². The number of hydrogen-bond donors (Lipinski definition) is 1. The molecule has 0 aromatic carbocycles. The Morgan fingerprint density at radius 2 is 1.94 bits per heavy atom. The number of nitrogens with zero attached hydrogens (tertiary/aromatic N) is 4. The number of aromatic carboxylic acids is 1. The average molecular weight is 232 g/mol. The number of methoxy groups -OCH3 is 1. The van der Waals surface area contributed by atoms with Gasteiger partial charge in [0.25, 0.3) is 0 Å². The molecule has 0 unspecified atom stereocenters. The lowest BCUT2D eigenvalue weighted by molar-refractivity contribution is 0.0683. The molecule has 0 saturated heterocycles. The minimum atomic E-state index is -1.17.